The summed E-state index contributed by atoms with van der Waals surface area (Å²) in [4.78, 5) is 25.2. The Morgan fingerprint density at radius 2 is 1.36 bits per heavy atom. The van der Waals surface area contributed by atoms with E-state index in [1.54, 1.807) is 0 Å². The number of carbonyl (C=O) groups excluding carboxylic acids is 2. The van der Waals surface area contributed by atoms with Crippen LogP contribution in [0.25, 0.3) is 0 Å². The van der Waals surface area contributed by atoms with E-state index >= 15 is 0 Å². The molecule has 0 spiro atoms. The minimum Gasteiger partial charge on any atom is -0.469 e. The van der Waals surface area contributed by atoms with Crippen LogP contribution in [0.4, 0.5) is 0 Å². The number of hydrogen-bond donors (Lipinski definition) is 1. The number of unbranched alkanes of at least 4 members (excludes halogenated alkanes) is 2. The van der Waals surface area contributed by atoms with E-state index in [9.17, 15) is 14.2 Å². The number of methoxy groups -OCH3 is 2. The first-order valence-corrected chi connectivity index (χ1v) is 21.9. The summed E-state index contributed by atoms with van der Waals surface area (Å²) < 4.78 is 58.6. The molecular weight excluding hydrogens is 832 g/mol. The maximum absolute atomic E-state index is 14.8. The van der Waals surface area contributed by atoms with E-state index in [1.807, 2.05) is 91.0 Å². The maximum Gasteiger partial charge on any atom is 0.475 e. The van der Waals surface area contributed by atoms with Crippen LogP contribution in [0.15, 0.2) is 91.0 Å². The van der Waals surface area contributed by atoms with Crippen molar-refractivity contribution in [3.05, 3.63) is 108 Å². The van der Waals surface area contributed by atoms with Gasteiger partial charge in [0.15, 0.2) is 6.29 Å². The molecule has 1 N–H and O–H groups in total. The molecule has 4 atom stereocenters. The van der Waals surface area contributed by atoms with Crippen LogP contribution in [0.2, 0.25) is 0 Å². The summed E-state index contributed by atoms with van der Waals surface area (Å²) in [6.45, 7) is 2.89. The number of rotatable bonds is 24. The zero-order chi connectivity index (χ0) is 42.1. The lowest BCUT2D eigenvalue weighted by Crippen LogP contribution is -2.54. The third kappa shape index (κ3) is 14.3. The van der Waals surface area contributed by atoms with Crippen LogP contribution in [-0.4, -0.2) is 87.0 Å². The van der Waals surface area contributed by atoms with E-state index in [0.29, 0.717) is 38.9 Å². The maximum atomic E-state index is 14.8. The Hall–Kier alpha value is -2.58. The average Bonchev–Trinajstić information content (AvgIpc) is 3.23. The minimum atomic E-state index is -4.72. The summed E-state index contributed by atoms with van der Waals surface area (Å²) >= 11 is 18.9. The van der Waals surface area contributed by atoms with Crippen molar-refractivity contribution in [3.63, 3.8) is 0 Å². The molecule has 0 radical (unpaired) electrons. The zero-order valence-electron chi connectivity index (χ0n) is 33.4. The van der Waals surface area contributed by atoms with Gasteiger partial charge in [-0.25, -0.2) is 4.57 Å². The number of benzene rings is 3. The third-order valence-electron chi connectivity index (χ3n) is 9.52. The van der Waals surface area contributed by atoms with Gasteiger partial charge in [-0.15, -0.1) is 0 Å². The van der Waals surface area contributed by atoms with Crippen molar-refractivity contribution in [3.8, 4) is 0 Å². The summed E-state index contributed by atoms with van der Waals surface area (Å²) in [5.41, 5.74) is -0.426. The van der Waals surface area contributed by atoms with Crippen LogP contribution in [0, 0.1) is 0 Å². The van der Waals surface area contributed by atoms with Crippen LogP contribution < -0.4 is 5.32 Å². The molecule has 1 saturated heterocycles. The van der Waals surface area contributed by atoms with E-state index in [2.05, 4.69) is 5.32 Å². The predicted molar refractivity (Wildman–Crippen MR) is 223 cm³/mol. The molecule has 3 aromatic rings. The smallest absolute Gasteiger partial charge is 0.469 e. The summed E-state index contributed by atoms with van der Waals surface area (Å²) in [6, 6.07) is 27.6. The summed E-state index contributed by atoms with van der Waals surface area (Å²) in [5, 5.41) is 3.51. The van der Waals surface area contributed by atoms with Gasteiger partial charge in [0.05, 0.1) is 39.6 Å². The van der Waals surface area contributed by atoms with Crippen LogP contribution >= 0.6 is 42.6 Å². The highest BCUT2D eigenvalue weighted by Gasteiger charge is 2.49. The van der Waals surface area contributed by atoms with Crippen LogP contribution in [0.3, 0.4) is 0 Å². The van der Waals surface area contributed by atoms with Crippen molar-refractivity contribution in [2.24, 2.45) is 0 Å². The Morgan fingerprint density at radius 3 is 1.86 bits per heavy atom. The SMILES string of the molecule is COC(=O)CCCCCOC[C@H](COP(=O)(OC[C@H](NC(c1ccccc1)(c1ccccc1)c1ccccc1)C(=O)OC)OC(C)(C)C(Cl)(Cl)Cl)OC1CCCCO1. The number of alkyl halides is 3. The van der Waals surface area contributed by atoms with Crippen molar-refractivity contribution in [1.29, 1.82) is 0 Å². The van der Waals surface area contributed by atoms with Crippen molar-refractivity contribution in [2.45, 2.75) is 92.2 Å². The fourth-order valence-electron chi connectivity index (χ4n) is 6.28. The van der Waals surface area contributed by atoms with Crippen molar-refractivity contribution < 1.29 is 51.4 Å². The Kier molecular flexibility index (Phi) is 19.4. The number of phosphoric acid groups is 1. The lowest BCUT2D eigenvalue weighted by atomic mass is 9.76. The zero-order valence-corrected chi connectivity index (χ0v) is 36.6. The van der Waals surface area contributed by atoms with Gasteiger partial charge >= 0.3 is 19.8 Å². The number of ether oxygens (including phenoxy) is 5. The standard InChI is InChI=1S/C42H55Cl3NO11P/c1-40(2,42(43,44)45)57-58(49,54-30-35(56-38-26-16-18-28-53-38)29-52-27-17-8-15-25-37(47)50-3)55-31-36(39(48)51-4)46-41(32-19-9-5-10-20-32,33-21-11-6-12-22-33)34-23-13-7-14-24-34/h5-7,9-14,19-24,35-36,38,46H,8,15-18,25-31H2,1-4H3/t35-,36+,38?,58?/m1/s1. The van der Waals surface area contributed by atoms with E-state index in [1.165, 1.54) is 28.1 Å². The molecule has 1 aliphatic rings. The Balaban J connectivity index is 1.62. The number of nitrogens with one attached hydrogen (secondary N) is 1. The van der Waals surface area contributed by atoms with E-state index in [-0.39, 0.29) is 19.2 Å². The van der Waals surface area contributed by atoms with Gasteiger partial charge in [-0.3, -0.25) is 28.5 Å². The van der Waals surface area contributed by atoms with Crippen LogP contribution in [-0.2, 0) is 56.9 Å². The predicted octanol–water partition coefficient (Wildman–Crippen LogP) is 9.08. The lowest BCUT2D eigenvalue weighted by Gasteiger charge is -2.40. The fraction of sp³-hybridized carbons (Fsp3) is 0.524. The third-order valence-corrected chi connectivity index (χ3v) is 12.5. The fourth-order valence-corrected chi connectivity index (χ4v) is 8.11. The van der Waals surface area contributed by atoms with Crippen LogP contribution in [0.5, 0.6) is 0 Å². The molecule has 1 fully saturated rings. The van der Waals surface area contributed by atoms with Crippen molar-refractivity contribution in [1.82, 2.24) is 5.32 Å². The molecule has 58 heavy (non-hydrogen) atoms. The molecule has 1 heterocycles. The van der Waals surface area contributed by atoms with Gasteiger partial charge in [-0.05, 0) is 62.6 Å². The molecule has 0 amide bonds. The Morgan fingerprint density at radius 1 is 0.793 bits per heavy atom. The second-order valence-electron chi connectivity index (χ2n) is 14.2. The molecule has 1 aliphatic heterocycles. The van der Waals surface area contributed by atoms with Gasteiger partial charge in [0.2, 0.25) is 3.79 Å². The first-order chi connectivity index (χ1) is 27.7. The van der Waals surface area contributed by atoms with E-state index in [4.69, 9.17) is 72.1 Å². The number of phosphoric ester groups is 1. The van der Waals surface area contributed by atoms with Gasteiger partial charge in [0.1, 0.15) is 17.7 Å². The second-order valence-corrected chi connectivity index (χ2v) is 18.1. The highest BCUT2D eigenvalue weighted by molar-refractivity contribution is 7.48. The largest absolute Gasteiger partial charge is 0.475 e. The molecule has 16 heteroatoms. The number of hydrogen-bond acceptors (Lipinski definition) is 12. The summed E-state index contributed by atoms with van der Waals surface area (Å²) in [6.07, 6.45) is 3.55. The highest BCUT2D eigenvalue weighted by atomic mass is 35.6. The van der Waals surface area contributed by atoms with Gasteiger partial charge in [0.25, 0.3) is 0 Å². The minimum absolute atomic E-state index is 0.0464. The first-order valence-electron chi connectivity index (χ1n) is 19.3. The molecular formula is C42H55Cl3NO11P. The highest BCUT2D eigenvalue weighted by Crippen LogP contribution is 2.57. The molecule has 0 aromatic heterocycles. The molecule has 12 nitrogen and oxygen atoms in total. The van der Waals surface area contributed by atoms with Gasteiger partial charge in [-0.2, -0.15) is 0 Å². The normalized spacial score (nSPS) is 17.2. The summed E-state index contributed by atoms with van der Waals surface area (Å²) in [7, 11) is -2.11. The lowest BCUT2D eigenvalue weighted by molar-refractivity contribution is -0.204. The molecule has 0 aliphatic carbocycles. The molecule has 2 unspecified atom stereocenters. The quantitative estimate of drug-likeness (QED) is 0.0302. The van der Waals surface area contributed by atoms with Gasteiger partial charge in [-0.1, -0.05) is 132 Å². The molecule has 0 bridgehead atoms. The topological polar surface area (TPSA) is 137 Å². The molecule has 4 rings (SSSR count). The Bertz CT molecular complexity index is 1610. The van der Waals surface area contributed by atoms with Crippen molar-refractivity contribution >= 4 is 54.6 Å². The number of halogens is 3. The Labute approximate surface area is 357 Å². The molecule has 0 saturated carbocycles. The number of carbonyl (C=O) groups is 2. The average molecular weight is 887 g/mol. The first kappa shape index (κ1) is 48.1. The van der Waals surface area contributed by atoms with E-state index in [0.717, 1.165) is 36.0 Å². The summed E-state index contributed by atoms with van der Waals surface area (Å²) in [5.74, 6) is -0.975. The second kappa shape index (κ2) is 23.4. The van der Waals surface area contributed by atoms with Crippen molar-refractivity contribution in [2.75, 3.05) is 47.3 Å². The van der Waals surface area contributed by atoms with Crippen LogP contribution in [0.1, 0.15) is 75.5 Å². The molecule has 3 aromatic carbocycles. The van der Waals surface area contributed by atoms with E-state index < -0.39 is 53.8 Å². The monoisotopic (exact) mass is 885 g/mol. The molecule has 320 valence electrons. The van der Waals surface area contributed by atoms with Gasteiger partial charge < -0.3 is 23.7 Å². The number of esters is 2. The van der Waals surface area contributed by atoms with Gasteiger partial charge in [0, 0.05) is 19.6 Å².